The molecule has 124 valence electrons. The minimum atomic E-state index is 0.144. The molecular formula is C20H20ClNO2. The molecular weight excluding hydrogens is 322 g/mol. The van der Waals surface area contributed by atoms with Crippen molar-refractivity contribution in [2.24, 2.45) is 0 Å². The van der Waals surface area contributed by atoms with Gasteiger partial charge in [-0.3, -0.25) is 0 Å². The normalized spacial score (nSPS) is 13.9. The average molecular weight is 342 g/mol. The van der Waals surface area contributed by atoms with Crippen LogP contribution in [0.3, 0.4) is 0 Å². The van der Waals surface area contributed by atoms with E-state index in [1.807, 2.05) is 32.1 Å². The summed E-state index contributed by atoms with van der Waals surface area (Å²) in [5, 5.41) is 10.7. The molecule has 1 aromatic carbocycles. The third-order valence-electron chi connectivity index (χ3n) is 3.33. The van der Waals surface area contributed by atoms with E-state index in [1.54, 1.807) is 24.3 Å². The first-order chi connectivity index (χ1) is 11.5. The van der Waals surface area contributed by atoms with Gasteiger partial charge in [-0.2, -0.15) is 0 Å². The van der Waals surface area contributed by atoms with Crippen molar-refractivity contribution in [2.75, 3.05) is 0 Å². The van der Waals surface area contributed by atoms with Crippen LogP contribution in [-0.4, -0.2) is 10.1 Å². The van der Waals surface area contributed by atoms with Gasteiger partial charge in [0.2, 0.25) is 5.89 Å². The molecule has 1 aromatic heterocycles. The summed E-state index contributed by atoms with van der Waals surface area (Å²) in [6.45, 7) is 7.55. The number of rotatable bonds is 6. The van der Waals surface area contributed by atoms with Gasteiger partial charge in [0.05, 0.1) is 0 Å². The van der Waals surface area contributed by atoms with Crippen molar-refractivity contribution in [1.82, 2.24) is 4.98 Å². The first kappa shape index (κ1) is 17.8. The highest BCUT2D eigenvalue weighted by atomic mass is 35.5. The molecule has 2 aromatic rings. The summed E-state index contributed by atoms with van der Waals surface area (Å²) in [5.41, 5.74) is 3.06. The highest BCUT2D eigenvalue weighted by Crippen LogP contribution is 2.21. The first-order valence-electron chi connectivity index (χ1n) is 7.67. The van der Waals surface area contributed by atoms with Gasteiger partial charge in [0.15, 0.2) is 5.58 Å². The molecule has 0 saturated heterocycles. The Kier molecular flexibility index (Phi) is 6.21. The minimum Gasteiger partial charge on any atom is -0.507 e. The van der Waals surface area contributed by atoms with Crippen LogP contribution in [0.15, 0.2) is 70.2 Å². The standard InChI is InChI=1S/C20H20ClNO2/c1-4-6-18(23)15-9-11-19-17(13-15)22-20(24-19)12-8-14(3)7-10-16(21)5-2/h4,6-13,23H,1,5H2,2-3H3/b12-8+,14-7+,16-10+,18-6-. The van der Waals surface area contributed by atoms with Crippen molar-refractivity contribution in [2.45, 2.75) is 20.3 Å². The third-order valence-corrected chi connectivity index (χ3v) is 3.72. The second kappa shape index (κ2) is 8.37. The molecule has 0 amide bonds. The SMILES string of the molecule is C=C/C=C(\O)c1ccc2oc(/C=C/C(C)=C/C=C(/Cl)CC)nc2c1. The molecule has 0 aliphatic heterocycles. The van der Waals surface area contributed by atoms with Gasteiger partial charge >= 0.3 is 0 Å². The topological polar surface area (TPSA) is 46.3 Å². The van der Waals surface area contributed by atoms with Gasteiger partial charge in [-0.15, -0.1) is 0 Å². The molecule has 0 saturated carbocycles. The molecule has 2 rings (SSSR count). The Balaban J connectivity index is 2.23. The molecule has 1 heterocycles. The van der Waals surface area contributed by atoms with Crippen LogP contribution in [0.4, 0.5) is 0 Å². The summed E-state index contributed by atoms with van der Waals surface area (Å²) in [6.07, 6.45) is 11.4. The zero-order valence-electron chi connectivity index (χ0n) is 13.8. The van der Waals surface area contributed by atoms with Gasteiger partial charge in [0, 0.05) is 16.7 Å². The van der Waals surface area contributed by atoms with E-state index in [1.165, 1.54) is 12.2 Å². The molecule has 0 spiro atoms. The van der Waals surface area contributed by atoms with E-state index < -0.39 is 0 Å². The summed E-state index contributed by atoms with van der Waals surface area (Å²) in [4.78, 5) is 4.41. The molecule has 3 nitrogen and oxygen atoms in total. The minimum absolute atomic E-state index is 0.144. The molecule has 0 radical (unpaired) electrons. The van der Waals surface area contributed by atoms with Crippen molar-refractivity contribution in [3.05, 3.63) is 77.2 Å². The number of oxazole rings is 1. The number of fused-ring (bicyclic) bond motifs is 1. The number of benzene rings is 1. The number of hydrogen-bond donors (Lipinski definition) is 1. The van der Waals surface area contributed by atoms with Gasteiger partial charge in [0.25, 0.3) is 0 Å². The van der Waals surface area contributed by atoms with Gasteiger partial charge in [-0.25, -0.2) is 4.98 Å². The Morgan fingerprint density at radius 1 is 1.33 bits per heavy atom. The lowest BCUT2D eigenvalue weighted by Crippen LogP contribution is -1.82. The van der Waals surface area contributed by atoms with Gasteiger partial charge in [0.1, 0.15) is 11.3 Å². The second-order valence-electron chi connectivity index (χ2n) is 5.23. The van der Waals surface area contributed by atoms with Crippen molar-refractivity contribution >= 4 is 34.5 Å². The number of aromatic nitrogens is 1. The molecule has 4 heteroatoms. The summed E-state index contributed by atoms with van der Waals surface area (Å²) in [7, 11) is 0. The third kappa shape index (κ3) is 4.74. The summed E-state index contributed by atoms with van der Waals surface area (Å²) in [6, 6.07) is 5.34. The lowest BCUT2D eigenvalue weighted by atomic mass is 10.1. The lowest BCUT2D eigenvalue weighted by Gasteiger charge is -1.97. The zero-order chi connectivity index (χ0) is 17.5. The second-order valence-corrected chi connectivity index (χ2v) is 5.72. The van der Waals surface area contributed by atoms with Crippen LogP contribution in [0.25, 0.3) is 22.9 Å². The summed E-state index contributed by atoms with van der Waals surface area (Å²) in [5.74, 6) is 0.651. The number of allylic oxidation sites excluding steroid dienone is 7. The van der Waals surface area contributed by atoms with E-state index in [2.05, 4.69) is 11.6 Å². The maximum Gasteiger partial charge on any atom is 0.220 e. The Labute approximate surface area is 147 Å². The maximum absolute atomic E-state index is 9.88. The van der Waals surface area contributed by atoms with Crippen LogP contribution in [0, 0.1) is 0 Å². The summed E-state index contributed by atoms with van der Waals surface area (Å²) < 4.78 is 5.67. The number of aliphatic hydroxyl groups is 1. The molecule has 0 unspecified atom stereocenters. The van der Waals surface area contributed by atoms with Gasteiger partial charge in [-0.05, 0) is 43.7 Å². The van der Waals surface area contributed by atoms with Crippen LogP contribution >= 0.6 is 11.6 Å². The van der Waals surface area contributed by atoms with E-state index in [0.717, 1.165) is 17.0 Å². The number of halogens is 1. The Bertz CT molecular complexity index is 854. The quantitative estimate of drug-likeness (QED) is 0.488. The Hall–Kier alpha value is -2.52. The predicted molar refractivity (Wildman–Crippen MR) is 102 cm³/mol. The molecule has 0 aliphatic rings. The van der Waals surface area contributed by atoms with Crippen LogP contribution in [0.2, 0.25) is 0 Å². The maximum atomic E-state index is 9.88. The van der Waals surface area contributed by atoms with Crippen molar-refractivity contribution in [3.63, 3.8) is 0 Å². The Morgan fingerprint density at radius 3 is 2.83 bits per heavy atom. The highest BCUT2D eigenvalue weighted by molar-refractivity contribution is 6.29. The van der Waals surface area contributed by atoms with Crippen molar-refractivity contribution < 1.29 is 9.52 Å². The molecule has 0 bridgehead atoms. The fourth-order valence-electron chi connectivity index (χ4n) is 1.98. The number of nitrogens with zero attached hydrogens (tertiary/aromatic N) is 1. The van der Waals surface area contributed by atoms with E-state index >= 15 is 0 Å². The first-order valence-corrected chi connectivity index (χ1v) is 8.05. The highest BCUT2D eigenvalue weighted by Gasteiger charge is 2.06. The van der Waals surface area contributed by atoms with Crippen LogP contribution in [-0.2, 0) is 0 Å². The number of hydrogen-bond acceptors (Lipinski definition) is 3. The van der Waals surface area contributed by atoms with E-state index in [0.29, 0.717) is 22.6 Å². The van der Waals surface area contributed by atoms with Gasteiger partial charge in [-0.1, -0.05) is 48.9 Å². The fraction of sp³-hybridized carbons (Fsp3) is 0.150. The van der Waals surface area contributed by atoms with Crippen LogP contribution in [0.1, 0.15) is 31.7 Å². The van der Waals surface area contributed by atoms with E-state index in [4.69, 9.17) is 16.0 Å². The monoisotopic (exact) mass is 341 g/mol. The molecule has 0 atom stereocenters. The van der Waals surface area contributed by atoms with E-state index in [9.17, 15) is 5.11 Å². The van der Waals surface area contributed by atoms with Crippen LogP contribution in [0.5, 0.6) is 0 Å². The predicted octanol–water partition coefficient (Wildman–Crippen LogP) is 6.40. The van der Waals surface area contributed by atoms with Crippen molar-refractivity contribution in [3.8, 4) is 0 Å². The zero-order valence-corrected chi connectivity index (χ0v) is 14.5. The lowest BCUT2D eigenvalue weighted by molar-refractivity contribution is 0.512. The molecule has 0 aliphatic carbocycles. The van der Waals surface area contributed by atoms with Gasteiger partial charge < -0.3 is 9.52 Å². The average Bonchev–Trinajstić information content (AvgIpc) is 2.99. The molecule has 0 fully saturated rings. The van der Waals surface area contributed by atoms with E-state index in [-0.39, 0.29) is 5.76 Å². The molecule has 24 heavy (non-hydrogen) atoms. The van der Waals surface area contributed by atoms with Crippen molar-refractivity contribution in [1.29, 1.82) is 0 Å². The molecule has 1 N–H and O–H groups in total. The largest absolute Gasteiger partial charge is 0.507 e. The van der Waals surface area contributed by atoms with Crippen LogP contribution < -0.4 is 0 Å². The number of aliphatic hydroxyl groups excluding tert-OH is 1. The summed E-state index contributed by atoms with van der Waals surface area (Å²) >= 11 is 5.97. The Morgan fingerprint density at radius 2 is 2.12 bits per heavy atom. The smallest absolute Gasteiger partial charge is 0.220 e. The fourth-order valence-corrected chi connectivity index (χ4v) is 2.04.